The first-order valence-electron chi connectivity index (χ1n) is 10.6. The fourth-order valence-corrected chi connectivity index (χ4v) is 4.09. The lowest BCUT2D eigenvalue weighted by Crippen LogP contribution is -2.13. The molecule has 0 heterocycles. The van der Waals surface area contributed by atoms with Crippen LogP contribution in [0.5, 0.6) is 0 Å². The maximum Gasteiger partial charge on any atom is 0.0249 e. The minimum absolute atomic E-state index is 0.742. The van der Waals surface area contributed by atoms with Crippen LogP contribution in [-0.4, -0.2) is 0 Å². The zero-order valence-corrected chi connectivity index (χ0v) is 16.9. The summed E-state index contributed by atoms with van der Waals surface area (Å²) in [5.41, 5.74) is 5.06. The predicted molar refractivity (Wildman–Crippen MR) is 117 cm³/mol. The molecule has 27 heavy (non-hydrogen) atoms. The van der Waals surface area contributed by atoms with Gasteiger partial charge < -0.3 is 0 Å². The number of hydrogen-bond acceptors (Lipinski definition) is 0. The third kappa shape index (κ3) is 5.86. The molecule has 0 saturated heterocycles. The van der Waals surface area contributed by atoms with E-state index >= 15 is 0 Å². The van der Waals surface area contributed by atoms with E-state index in [0.29, 0.717) is 0 Å². The fourth-order valence-electron chi connectivity index (χ4n) is 4.09. The molecule has 0 nitrogen and oxygen atoms in total. The van der Waals surface area contributed by atoms with E-state index in [9.17, 15) is 0 Å². The Morgan fingerprint density at radius 3 is 2.00 bits per heavy atom. The first-order valence-corrected chi connectivity index (χ1v) is 10.6. The van der Waals surface area contributed by atoms with Gasteiger partial charge in [0, 0.05) is 11.1 Å². The van der Waals surface area contributed by atoms with Crippen molar-refractivity contribution in [1.29, 1.82) is 0 Å². The molecule has 140 valence electrons. The summed E-state index contributed by atoms with van der Waals surface area (Å²) in [6.07, 6.45) is 13.6. The molecular weight excluding hydrogens is 324 g/mol. The summed E-state index contributed by atoms with van der Waals surface area (Å²) in [7, 11) is 0. The monoisotopic (exact) mass is 356 g/mol. The zero-order valence-electron chi connectivity index (χ0n) is 16.9. The van der Waals surface area contributed by atoms with Crippen LogP contribution in [-0.2, 0) is 6.42 Å². The van der Waals surface area contributed by atoms with Crippen LogP contribution in [0.1, 0.15) is 80.5 Å². The lowest BCUT2D eigenvalue weighted by Gasteiger charge is -2.28. The molecule has 1 aliphatic rings. The Balaban J connectivity index is 1.54. The average molecular weight is 357 g/mol. The molecule has 0 unspecified atom stereocenters. The average Bonchev–Trinajstić information content (AvgIpc) is 2.74. The second kappa shape index (κ2) is 10.2. The smallest absolute Gasteiger partial charge is 0.0249 e. The molecule has 2 aromatic rings. The van der Waals surface area contributed by atoms with Crippen LogP contribution < -0.4 is 0 Å². The van der Waals surface area contributed by atoms with Crippen molar-refractivity contribution in [3.63, 3.8) is 0 Å². The van der Waals surface area contributed by atoms with Crippen LogP contribution >= 0.6 is 0 Å². The second-order valence-electron chi connectivity index (χ2n) is 7.79. The van der Waals surface area contributed by atoms with Crippen molar-refractivity contribution in [1.82, 2.24) is 0 Å². The van der Waals surface area contributed by atoms with E-state index in [1.54, 1.807) is 0 Å². The fraction of sp³-hybridized carbons (Fsp3) is 0.407. The highest BCUT2D eigenvalue weighted by atomic mass is 14.3. The van der Waals surface area contributed by atoms with Gasteiger partial charge in [-0.05, 0) is 99.1 Å². The van der Waals surface area contributed by atoms with Gasteiger partial charge in [-0.15, -0.1) is 0 Å². The maximum absolute atomic E-state index is 3.31. The van der Waals surface area contributed by atoms with E-state index < -0.39 is 0 Å². The Morgan fingerprint density at radius 2 is 1.44 bits per heavy atom. The summed E-state index contributed by atoms with van der Waals surface area (Å²) in [6.45, 7) is 4.30. The molecule has 3 rings (SSSR count). The van der Waals surface area contributed by atoms with Gasteiger partial charge in [0.2, 0.25) is 0 Å². The quantitative estimate of drug-likeness (QED) is 0.390. The van der Waals surface area contributed by atoms with Gasteiger partial charge in [0.05, 0.1) is 0 Å². The van der Waals surface area contributed by atoms with Crippen molar-refractivity contribution in [3.8, 4) is 11.8 Å². The van der Waals surface area contributed by atoms with E-state index in [1.165, 1.54) is 49.7 Å². The minimum Gasteiger partial charge on any atom is -0.0917 e. The highest BCUT2D eigenvalue weighted by Gasteiger charge is 2.21. The molecule has 0 bridgehead atoms. The van der Waals surface area contributed by atoms with Gasteiger partial charge in [-0.3, -0.25) is 0 Å². The molecule has 0 N–H and O–H groups in total. The Labute approximate surface area is 165 Å². The first kappa shape index (κ1) is 19.5. The molecule has 0 aromatic heterocycles. The van der Waals surface area contributed by atoms with E-state index in [2.05, 4.69) is 86.4 Å². The van der Waals surface area contributed by atoms with Crippen molar-refractivity contribution in [2.75, 3.05) is 0 Å². The summed E-state index contributed by atoms with van der Waals surface area (Å²) in [5, 5.41) is 0. The molecule has 1 saturated carbocycles. The van der Waals surface area contributed by atoms with Crippen molar-refractivity contribution in [3.05, 3.63) is 82.9 Å². The standard InChI is InChI=1S/C27H32/c1-3-5-6-7-23-14-18-26(19-15-23)27-20-16-25(17-21-27)13-12-24-10-8-22(4-2)9-11-24/h3,5,8-11,16-17,20-21,23,26H,4,6-7,14-15,18-19H2,1-2H3/b5-3+. The molecule has 0 radical (unpaired) electrons. The molecule has 2 aromatic carbocycles. The van der Waals surface area contributed by atoms with Crippen molar-refractivity contribution < 1.29 is 0 Å². The summed E-state index contributed by atoms with van der Waals surface area (Å²) < 4.78 is 0. The third-order valence-electron chi connectivity index (χ3n) is 5.92. The lowest BCUT2D eigenvalue weighted by molar-refractivity contribution is 0.312. The molecule has 0 atom stereocenters. The van der Waals surface area contributed by atoms with Gasteiger partial charge in [0.25, 0.3) is 0 Å². The van der Waals surface area contributed by atoms with Crippen LogP contribution in [0.25, 0.3) is 0 Å². The Kier molecular flexibility index (Phi) is 7.35. The highest BCUT2D eigenvalue weighted by Crippen LogP contribution is 2.37. The van der Waals surface area contributed by atoms with E-state index in [4.69, 9.17) is 0 Å². The topological polar surface area (TPSA) is 0 Å². The van der Waals surface area contributed by atoms with Crippen LogP contribution in [0, 0.1) is 17.8 Å². The van der Waals surface area contributed by atoms with Crippen LogP contribution in [0.15, 0.2) is 60.7 Å². The van der Waals surface area contributed by atoms with Gasteiger partial charge in [-0.1, -0.05) is 55.2 Å². The van der Waals surface area contributed by atoms with Gasteiger partial charge in [-0.25, -0.2) is 0 Å². The number of rotatable bonds is 5. The third-order valence-corrected chi connectivity index (χ3v) is 5.92. The van der Waals surface area contributed by atoms with E-state index in [-0.39, 0.29) is 0 Å². The Hall–Kier alpha value is -2.26. The SMILES string of the molecule is C/C=C/CCC1CCC(c2ccc(C#Cc3ccc(CC)cc3)cc2)CC1. The van der Waals surface area contributed by atoms with Crippen molar-refractivity contribution in [2.24, 2.45) is 5.92 Å². The summed E-state index contributed by atoms with van der Waals surface area (Å²) in [4.78, 5) is 0. The minimum atomic E-state index is 0.742. The molecule has 1 aliphatic carbocycles. The molecule has 1 fully saturated rings. The van der Waals surface area contributed by atoms with Gasteiger partial charge in [0.15, 0.2) is 0 Å². The Bertz CT molecular complexity index is 773. The maximum atomic E-state index is 3.31. The van der Waals surface area contributed by atoms with Gasteiger partial charge in [0.1, 0.15) is 0 Å². The number of allylic oxidation sites excluding steroid dienone is 2. The first-order chi connectivity index (χ1) is 13.3. The summed E-state index contributed by atoms with van der Waals surface area (Å²) in [5.74, 6) is 8.27. The molecule has 0 spiro atoms. The molecular formula is C27H32. The number of hydrogen-bond donors (Lipinski definition) is 0. The molecule has 0 heteroatoms. The largest absolute Gasteiger partial charge is 0.0917 e. The zero-order chi connectivity index (χ0) is 18.9. The lowest BCUT2D eigenvalue weighted by atomic mass is 9.77. The van der Waals surface area contributed by atoms with Crippen molar-refractivity contribution >= 4 is 0 Å². The van der Waals surface area contributed by atoms with E-state index in [1.807, 2.05) is 0 Å². The normalized spacial score (nSPS) is 19.6. The molecule has 0 aliphatic heterocycles. The van der Waals surface area contributed by atoms with Gasteiger partial charge in [-0.2, -0.15) is 0 Å². The second-order valence-corrected chi connectivity index (χ2v) is 7.79. The summed E-state index contributed by atoms with van der Waals surface area (Å²) >= 11 is 0. The predicted octanol–water partition coefficient (Wildman–Crippen LogP) is 7.28. The summed E-state index contributed by atoms with van der Waals surface area (Å²) in [6, 6.07) is 17.6. The van der Waals surface area contributed by atoms with Crippen molar-refractivity contribution in [2.45, 2.75) is 64.7 Å². The van der Waals surface area contributed by atoms with Gasteiger partial charge >= 0.3 is 0 Å². The Morgan fingerprint density at radius 1 is 0.852 bits per heavy atom. The molecule has 0 amide bonds. The van der Waals surface area contributed by atoms with Crippen LogP contribution in [0.2, 0.25) is 0 Å². The number of aryl methyl sites for hydroxylation is 1. The van der Waals surface area contributed by atoms with E-state index in [0.717, 1.165) is 29.4 Å². The number of benzene rings is 2. The highest BCUT2D eigenvalue weighted by molar-refractivity contribution is 5.44. The van der Waals surface area contributed by atoms with Crippen LogP contribution in [0.4, 0.5) is 0 Å². The van der Waals surface area contributed by atoms with Crippen LogP contribution in [0.3, 0.4) is 0 Å².